The summed E-state index contributed by atoms with van der Waals surface area (Å²) < 4.78 is 18.8. The molecule has 0 atom stereocenters. The summed E-state index contributed by atoms with van der Waals surface area (Å²) in [4.78, 5) is 4.37. The highest BCUT2D eigenvalue weighted by Crippen LogP contribution is 2.33. The highest BCUT2D eigenvalue weighted by atomic mass is 19.1. The average Bonchev–Trinajstić information content (AvgIpc) is 2.92. The van der Waals surface area contributed by atoms with Crippen LogP contribution in [0.15, 0.2) is 28.8 Å². The summed E-state index contributed by atoms with van der Waals surface area (Å²) in [6, 6.07) is 6.60. The molecule has 2 N–H and O–H groups in total. The molecule has 3 rings (SSSR count). The molecule has 1 aromatic heterocycles. The van der Waals surface area contributed by atoms with Crippen molar-refractivity contribution < 1.29 is 8.91 Å². The summed E-state index contributed by atoms with van der Waals surface area (Å²) in [6.07, 6.45) is 5.45. The van der Waals surface area contributed by atoms with Crippen LogP contribution < -0.4 is 5.73 Å². The van der Waals surface area contributed by atoms with Crippen molar-refractivity contribution in [2.45, 2.75) is 44.1 Å². The Morgan fingerprint density at radius 3 is 2.70 bits per heavy atom. The summed E-state index contributed by atoms with van der Waals surface area (Å²) in [5, 5.41) is 4.00. The van der Waals surface area contributed by atoms with E-state index in [0.717, 1.165) is 25.7 Å². The van der Waals surface area contributed by atoms with Crippen LogP contribution in [0, 0.1) is 5.82 Å². The van der Waals surface area contributed by atoms with Crippen LogP contribution in [0.5, 0.6) is 0 Å². The summed E-state index contributed by atoms with van der Waals surface area (Å²) in [5.74, 6) is 0.719. The van der Waals surface area contributed by atoms with Crippen LogP contribution in [-0.2, 0) is 12.0 Å². The largest absolute Gasteiger partial charge is 0.339 e. The third-order valence-electron chi connectivity index (χ3n) is 3.96. The Morgan fingerprint density at radius 1 is 1.20 bits per heavy atom. The summed E-state index contributed by atoms with van der Waals surface area (Å²) >= 11 is 0. The molecule has 1 aromatic carbocycles. The van der Waals surface area contributed by atoms with Crippen molar-refractivity contribution in [1.82, 2.24) is 10.1 Å². The zero-order valence-electron chi connectivity index (χ0n) is 11.3. The summed E-state index contributed by atoms with van der Waals surface area (Å²) in [6.45, 7) is 0. The molecular weight excluding hydrogens is 257 g/mol. The normalized spacial score (nSPS) is 18.1. The predicted octanol–water partition coefficient (Wildman–Crippen LogP) is 2.92. The fourth-order valence-corrected chi connectivity index (χ4v) is 2.74. The van der Waals surface area contributed by atoms with Gasteiger partial charge < -0.3 is 10.3 Å². The van der Waals surface area contributed by atoms with Crippen molar-refractivity contribution >= 4 is 0 Å². The van der Waals surface area contributed by atoms with E-state index in [0.29, 0.717) is 23.7 Å². The lowest BCUT2D eigenvalue weighted by molar-refractivity contribution is 0.273. The van der Waals surface area contributed by atoms with Gasteiger partial charge in [0.15, 0.2) is 5.82 Å². The first-order chi connectivity index (χ1) is 9.67. The zero-order chi connectivity index (χ0) is 14.0. The van der Waals surface area contributed by atoms with Gasteiger partial charge in [-0.05, 0) is 24.5 Å². The van der Waals surface area contributed by atoms with Gasteiger partial charge in [0.25, 0.3) is 0 Å². The molecule has 0 spiro atoms. The molecule has 1 aliphatic rings. The molecule has 1 saturated carbocycles. The van der Waals surface area contributed by atoms with Gasteiger partial charge in [0, 0.05) is 0 Å². The molecule has 20 heavy (non-hydrogen) atoms. The van der Waals surface area contributed by atoms with Crippen LogP contribution in [-0.4, -0.2) is 10.1 Å². The predicted molar refractivity (Wildman–Crippen MR) is 72.5 cm³/mol. The maximum atomic E-state index is 13.6. The Hall–Kier alpha value is -1.75. The molecule has 1 aliphatic carbocycles. The van der Waals surface area contributed by atoms with Crippen LogP contribution in [0.1, 0.15) is 49.4 Å². The molecular formula is C15H18FN3O. The highest BCUT2D eigenvalue weighted by molar-refractivity contribution is 5.20. The van der Waals surface area contributed by atoms with Gasteiger partial charge in [-0.25, -0.2) is 4.39 Å². The van der Waals surface area contributed by atoms with Gasteiger partial charge in [-0.3, -0.25) is 0 Å². The Labute approximate surface area is 117 Å². The molecule has 0 unspecified atom stereocenters. The second-order valence-electron chi connectivity index (χ2n) is 5.50. The van der Waals surface area contributed by atoms with Crippen LogP contribution in [0.4, 0.5) is 4.39 Å². The topological polar surface area (TPSA) is 64.9 Å². The van der Waals surface area contributed by atoms with Crippen molar-refractivity contribution in [3.63, 3.8) is 0 Å². The van der Waals surface area contributed by atoms with E-state index in [1.165, 1.54) is 12.5 Å². The van der Waals surface area contributed by atoms with Crippen molar-refractivity contribution in [2.24, 2.45) is 5.73 Å². The molecule has 5 heteroatoms. The van der Waals surface area contributed by atoms with Gasteiger partial charge in [0.05, 0.1) is 12.0 Å². The van der Waals surface area contributed by atoms with Crippen LogP contribution in [0.3, 0.4) is 0 Å². The van der Waals surface area contributed by atoms with Crippen molar-refractivity contribution in [2.75, 3.05) is 0 Å². The fourth-order valence-electron chi connectivity index (χ4n) is 2.74. The Balaban J connectivity index is 1.78. The van der Waals surface area contributed by atoms with Crippen LogP contribution >= 0.6 is 0 Å². The van der Waals surface area contributed by atoms with E-state index < -0.39 is 5.54 Å². The van der Waals surface area contributed by atoms with E-state index in [4.69, 9.17) is 10.3 Å². The van der Waals surface area contributed by atoms with Crippen molar-refractivity contribution in [3.8, 4) is 0 Å². The van der Waals surface area contributed by atoms with Gasteiger partial charge in [-0.1, -0.05) is 42.6 Å². The van der Waals surface area contributed by atoms with E-state index in [1.807, 2.05) is 0 Å². The average molecular weight is 275 g/mol. The van der Waals surface area contributed by atoms with Crippen molar-refractivity contribution in [1.29, 1.82) is 0 Å². The molecule has 0 aliphatic heterocycles. The maximum absolute atomic E-state index is 13.6. The number of rotatable bonds is 3. The van der Waals surface area contributed by atoms with Crippen molar-refractivity contribution in [3.05, 3.63) is 47.4 Å². The first-order valence-electron chi connectivity index (χ1n) is 7.03. The standard InChI is InChI=1S/C15H18FN3O/c16-12-7-3-2-6-11(12)10-13-18-14(19-20-13)15(17)8-4-1-5-9-15/h2-3,6-7H,1,4-5,8-10,17H2. The van der Waals surface area contributed by atoms with E-state index in [-0.39, 0.29) is 5.82 Å². The minimum Gasteiger partial charge on any atom is -0.339 e. The third kappa shape index (κ3) is 2.58. The Morgan fingerprint density at radius 2 is 1.95 bits per heavy atom. The SMILES string of the molecule is NC1(c2noc(Cc3ccccc3F)n2)CCCCC1. The number of halogens is 1. The molecule has 0 bridgehead atoms. The molecule has 4 nitrogen and oxygen atoms in total. The second kappa shape index (κ2) is 5.32. The molecule has 1 heterocycles. The molecule has 106 valence electrons. The molecule has 0 radical (unpaired) electrons. The minimum absolute atomic E-state index is 0.257. The quantitative estimate of drug-likeness (QED) is 0.935. The highest BCUT2D eigenvalue weighted by Gasteiger charge is 2.34. The molecule has 1 fully saturated rings. The lowest BCUT2D eigenvalue weighted by Gasteiger charge is -2.29. The smallest absolute Gasteiger partial charge is 0.231 e. The number of aromatic nitrogens is 2. The zero-order valence-corrected chi connectivity index (χ0v) is 11.3. The first-order valence-corrected chi connectivity index (χ1v) is 7.03. The second-order valence-corrected chi connectivity index (χ2v) is 5.50. The van der Waals surface area contributed by atoms with Gasteiger partial charge in [0.1, 0.15) is 5.82 Å². The molecule has 0 amide bonds. The van der Waals surface area contributed by atoms with Gasteiger partial charge in [-0.15, -0.1) is 0 Å². The Kier molecular flexibility index (Phi) is 3.53. The number of nitrogens with zero attached hydrogens (tertiary/aromatic N) is 2. The lowest BCUT2D eigenvalue weighted by atomic mass is 9.82. The fraction of sp³-hybridized carbons (Fsp3) is 0.467. The third-order valence-corrected chi connectivity index (χ3v) is 3.96. The van der Waals surface area contributed by atoms with E-state index in [2.05, 4.69) is 10.1 Å². The number of hydrogen-bond donors (Lipinski definition) is 1. The first kappa shape index (κ1) is 13.2. The number of nitrogens with two attached hydrogens (primary N) is 1. The van der Waals surface area contributed by atoms with Crippen LogP contribution in [0.2, 0.25) is 0 Å². The minimum atomic E-state index is -0.477. The molecule has 0 saturated heterocycles. The lowest BCUT2D eigenvalue weighted by Crippen LogP contribution is -2.39. The summed E-state index contributed by atoms with van der Waals surface area (Å²) in [5.41, 5.74) is 6.43. The number of hydrogen-bond acceptors (Lipinski definition) is 4. The van der Waals surface area contributed by atoms with Gasteiger partial charge in [0.2, 0.25) is 5.89 Å². The van der Waals surface area contributed by atoms with E-state index >= 15 is 0 Å². The molecule has 2 aromatic rings. The maximum Gasteiger partial charge on any atom is 0.231 e. The Bertz CT molecular complexity index is 590. The van der Waals surface area contributed by atoms with Crippen LogP contribution in [0.25, 0.3) is 0 Å². The van der Waals surface area contributed by atoms with E-state index in [1.54, 1.807) is 18.2 Å². The summed E-state index contributed by atoms with van der Waals surface area (Å²) in [7, 11) is 0. The monoisotopic (exact) mass is 275 g/mol. The van der Waals surface area contributed by atoms with Gasteiger partial charge >= 0.3 is 0 Å². The number of benzene rings is 1. The van der Waals surface area contributed by atoms with Gasteiger partial charge in [-0.2, -0.15) is 4.98 Å². The van der Waals surface area contributed by atoms with E-state index in [9.17, 15) is 4.39 Å².